The molecule has 2 nitrogen and oxygen atoms in total. The van der Waals surface area contributed by atoms with Gasteiger partial charge in [-0.3, -0.25) is 0 Å². The summed E-state index contributed by atoms with van der Waals surface area (Å²) in [5, 5.41) is 0. The molecule has 0 saturated carbocycles. The molecule has 2 heteroatoms. The lowest BCUT2D eigenvalue weighted by molar-refractivity contribution is -0.126. The summed E-state index contributed by atoms with van der Waals surface area (Å²) in [6, 6.07) is 8.02. The number of benzene rings is 1. The summed E-state index contributed by atoms with van der Waals surface area (Å²) in [4.78, 5) is 0. The van der Waals surface area contributed by atoms with Crippen molar-refractivity contribution in [3.63, 3.8) is 0 Å². The average Bonchev–Trinajstić information content (AvgIpc) is 2.68. The van der Waals surface area contributed by atoms with E-state index in [9.17, 15) is 0 Å². The van der Waals surface area contributed by atoms with Crippen molar-refractivity contribution >= 4 is 0 Å². The van der Waals surface area contributed by atoms with Gasteiger partial charge in [0.25, 0.3) is 0 Å². The molecule has 0 bridgehead atoms. The Morgan fingerprint density at radius 2 is 1.89 bits per heavy atom. The average molecular weight is 242 g/mol. The largest absolute Gasteiger partial charge is 0.344 e. The molecule has 0 saturated heterocycles. The van der Waals surface area contributed by atoms with Gasteiger partial charge in [0.05, 0.1) is 13.2 Å². The highest BCUT2D eigenvalue weighted by Gasteiger charge is 2.15. The van der Waals surface area contributed by atoms with Crippen LogP contribution in [0.5, 0.6) is 0 Å². The van der Waals surface area contributed by atoms with Gasteiger partial charge in [0.2, 0.25) is 0 Å². The van der Waals surface area contributed by atoms with Crippen LogP contribution in [0, 0.1) is 11.8 Å². The highest BCUT2D eigenvalue weighted by atomic mass is 16.7. The van der Waals surface area contributed by atoms with Crippen LogP contribution in [0.4, 0.5) is 0 Å². The molecular weight excluding hydrogens is 224 g/mol. The van der Waals surface area contributed by atoms with Crippen LogP contribution in [0.25, 0.3) is 0 Å². The predicted molar refractivity (Wildman–Crippen MR) is 72.0 cm³/mol. The second-order valence-corrected chi connectivity index (χ2v) is 4.11. The van der Waals surface area contributed by atoms with E-state index in [1.165, 1.54) is 0 Å². The van der Waals surface area contributed by atoms with E-state index in [1.54, 1.807) is 0 Å². The van der Waals surface area contributed by atoms with E-state index < -0.39 is 0 Å². The van der Waals surface area contributed by atoms with Crippen LogP contribution in [-0.4, -0.2) is 13.2 Å². The van der Waals surface area contributed by atoms with Crippen LogP contribution in [0.1, 0.15) is 37.2 Å². The summed E-state index contributed by atoms with van der Waals surface area (Å²) < 4.78 is 11.3. The van der Waals surface area contributed by atoms with Gasteiger partial charge in [-0.2, -0.15) is 0 Å². The molecule has 1 aliphatic rings. The van der Waals surface area contributed by atoms with E-state index in [0.29, 0.717) is 13.2 Å². The van der Waals surface area contributed by atoms with Crippen LogP contribution < -0.4 is 0 Å². The molecule has 1 aliphatic heterocycles. The Labute approximate surface area is 109 Å². The van der Waals surface area contributed by atoms with Crippen molar-refractivity contribution in [2.45, 2.75) is 26.1 Å². The summed E-state index contributed by atoms with van der Waals surface area (Å²) in [7, 11) is 0. The Bertz CT molecular complexity index is 455. The van der Waals surface area contributed by atoms with Crippen molar-refractivity contribution in [1.82, 2.24) is 0 Å². The first kappa shape index (κ1) is 12.9. The zero-order valence-corrected chi connectivity index (χ0v) is 10.7. The fourth-order valence-corrected chi connectivity index (χ4v) is 1.75. The highest BCUT2D eigenvalue weighted by molar-refractivity contribution is 5.42. The van der Waals surface area contributed by atoms with Crippen molar-refractivity contribution in [2.24, 2.45) is 0 Å². The topological polar surface area (TPSA) is 18.5 Å². The lowest BCUT2D eigenvalue weighted by atomic mass is 10.1. The summed E-state index contributed by atoms with van der Waals surface area (Å²) >= 11 is 0. The normalized spacial score (nSPS) is 15.8. The molecule has 0 radical (unpaired) electrons. The second-order valence-electron chi connectivity index (χ2n) is 4.11. The van der Waals surface area contributed by atoms with Gasteiger partial charge >= 0.3 is 0 Å². The summed E-state index contributed by atoms with van der Waals surface area (Å²) in [5.74, 6) is 6.37. The molecule has 0 spiro atoms. The monoisotopic (exact) mass is 242 g/mol. The lowest BCUT2D eigenvalue weighted by Crippen LogP contribution is -2.08. The minimum Gasteiger partial charge on any atom is -0.344 e. The molecule has 1 aromatic carbocycles. The van der Waals surface area contributed by atoms with Gasteiger partial charge in [0, 0.05) is 17.5 Å². The van der Waals surface area contributed by atoms with Gasteiger partial charge in [-0.05, 0) is 12.5 Å². The Morgan fingerprint density at radius 3 is 2.61 bits per heavy atom. The Balaban J connectivity index is 2.19. The van der Waals surface area contributed by atoms with E-state index >= 15 is 0 Å². The maximum Gasteiger partial charge on any atom is 0.185 e. The van der Waals surface area contributed by atoms with E-state index in [2.05, 4.69) is 18.8 Å². The number of rotatable bonds is 2. The zero-order chi connectivity index (χ0) is 12.6. The molecule has 0 fully saturated rings. The van der Waals surface area contributed by atoms with Gasteiger partial charge in [0.15, 0.2) is 6.29 Å². The Morgan fingerprint density at radius 1 is 1.17 bits per heavy atom. The third-order valence-corrected chi connectivity index (χ3v) is 2.67. The van der Waals surface area contributed by atoms with Gasteiger partial charge in [-0.1, -0.05) is 49.1 Å². The minimum absolute atomic E-state index is 0.313. The smallest absolute Gasteiger partial charge is 0.185 e. The number of hydrogen-bond donors (Lipinski definition) is 0. The summed E-state index contributed by atoms with van der Waals surface area (Å²) in [6.45, 7) is 3.30. The quantitative estimate of drug-likeness (QED) is 0.584. The first-order valence-electron chi connectivity index (χ1n) is 6.38. The Hall–Kier alpha value is -1.56. The van der Waals surface area contributed by atoms with E-state index in [4.69, 9.17) is 9.47 Å². The van der Waals surface area contributed by atoms with Crippen LogP contribution in [0.15, 0.2) is 36.4 Å². The molecule has 2 rings (SSSR count). The standard InChI is InChI=1S/C16H18O2/c1-2-3-4-9-14-10-5-6-11-15(14)16-17-12-7-8-13-18-16/h5-8,10-11,16H,2-3,12-13H2,1H3. The van der Waals surface area contributed by atoms with Gasteiger partial charge in [0.1, 0.15) is 0 Å². The second kappa shape index (κ2) is 7.00. The van der Waals surface area contributed by atoms with Gasteiger partial charge in [-0.25, -0.2) is 0 Å². The molecule has 0 unspecified atom stereocenters. The predicted octanol–water partition coefficient (Wildman–Crippen LogP) is 3.44. The SMILES string of the molecule is CCCC#Cc1ccccc1C1OCC=CCO1. The van der Waals surface area contributed by atoms with Crippen molar-refractivity contribution < 1.29 is 9.47 Å². The number of ether oxygens (including phenoxy) is 2. The van der Waals surface area contributed by atoms with Crippen LogP contribution in [0.2, 0.25) is 0 Å². The van der Waals surface area contributed by atoms with Crippen molar-refractivity contribution in [3.05, 3.63) is 47.5 Å². The maximum atomic E-state index is 5.66. The molecule has 0 aliphatic carbocycles. The highest BCUT2D eigenvalue weighted by Crippen LogP contribution is 2.23. The van der Waals surface area contributed by atoms with Crippen molar-refractivity contribution in [3.8, 4) is 11.8 Å². The van der Waals surface area contributed by atoms with Crippen molar-refractivity contribution in [2.75, 3.05) is 13.2 Å². The molecular formula is C16H18O2. The molecule has 0 N–H and O–H groups in total. The van der Waals surface area contributed by atoms with Gasteiger partial charge < -0.3 is 9.47 Å². The number of hydrogen-bond acceptors (Lipinski definition) is 2. The van der Waals surface area contributed by atoms with E-state index in [0.717, 1.165) is 24.0 Å². The van der Waals surface area contributed by atoms with Crippen LogP contribution in [-0.2, 0) is 9.47 Å². The van der Waals surface area contributed by atoms with E-state index in [-0.39, 0.29) is 6.29 Å². The van der Waals surface area contributed by atoms with Crippen LogP contribution in [0.3, 0.4) is 0 Å². The Kier molecular flexibility index (Phi) is 5.01. The molecule has 0 aromatic heterocycles. The first-order valence-corrected chi connectivity index (χ1v) is 6.38. The molecule has 18 heavy (non-hydrogen) atoms. The van der Waals surface area contributed by atoms with Crippen molar-refractivity contribution in [1.29, 1.82) is 0 Å². The molecule has 1 aromatic rings. The number of unbranched alkanes of at least 4 members (excludes halogenated alkanes) is 1. The molecule has 0 amide bonds. The zero-order valence-electron chi connectivity index (χ0n) is 10.7. The molecule has 0 atom stereocenters. The molecule has 1 heterocycles. The third-order valence-electron chi connectivity index (χ3n) is 2.67. The summed E-state index contributed by atoms with van der Waals surface area (Å²) in [6.07, 6.45) is 5.64. The minimum atomic E-state index is -0.313. The third kappa shape index (κ3) is 3.46. The van der Waals surface area contributed by atoms with E-state index in [1.807, 2.05) is 36.4 Å². The van der Waals surface area contributed by atoms with Crippen LogP contribution >= 0.6 is 0 Å². The fraction of sp³-hybridized carbons (Fsp3) is 0.375. The lowest BCUT2D eigenvalue weighted by Gasteiger charge is -2.17. The van der Waals surface area contributed by atoms with Gasteiger partial charge in [-0.15, -0.1) is 0 Å². The summed E-state index contributed by atoms with van der Waals surface area (Å²) in [5.41, 5.74) is 2.02. The molecule has 94 valence electrons. The maximum absolute atomic E-state index is 5.66. The first-order chi connectivity index (χ1) is 8.92. The fourth-order valence-electron chi connectivity index (χ4n) is 1.75.